The number of benzene rings is 2. The molecule has 0 bridgehead atoms. The van der Waals surface area contributed by atoms with Gasteiger partial charge in [-0.3, -0.25) is 4.79 Å². The molecule has 0 radical (unpaired) electrons. The summed E-state index contributed by atoms with van der Waals surface area (Å²) in [5.74, 6) is -0.501. The number of ether oxygens (including phenoxy) is 1. The van der Waals surface area contributed by atoms with E-state index in [2.05, 4.69) is 16.4 Å². The number of allylic oxidation sites excluding steroid dienone is 1. The van der Waals surface area contributed by atoms with E-state index in [0.29, 0.717) is 11.3 Å². The van der Waals surface area contributed by atoms with Crippen LogP contribution in [-0.2, 0) is 14.3 Å². The number of hydrogen-bond acceptors (Lipinski definition) is 6. The molecule has 0 aromatic heterocycles. The Morgan fingerprint density at radius 1 is 1.15 bits per heavy atom. The van der Waals surface area contributed by atoms with Gasteiger partial charge in [-0.1, -0.05) is 65.9 Å². The number of thioether (sulfide) groups is 1. The maximum Gasteiger partial charge on any atom is 0.338 e. The van der Waals surface area contributed by atoms with Crippen LogP contribution in [0.2, 0.25) is 0 Å². The van der Waals surface area contributed by atoms with Crippen molar-refractivity contribution in [3.8, 4) is 0 Å². The Balaban J connectivity index is 1.65. The number of carbonyl (C=O) groups is 2. The summed E-state index contributed by atoms with van der Waals surface area (Å²) in [7, 11) is 1.38. The number of amides is 1. The predicted octanol–water partition coefficient (Wildman–Crippen LogP) is 5.32. The van der Waals surface area contributed by atoms with Gasteiger partial charge in [-0.05, 0) is 49.8 Å². The van der Waals surface area contributed by atoms with E-state index in [4.69, 9.17) is 4.74 Å². The minimum Gasteiger partial charge on any atom is -0.466 e. The van der Waals surface area contributed by atoms with Crippen molar-refractivity contribution in [3.05, 3.63) is 93.2 Å². The van der Waals surface area contributed by atoms with Gasteiger partial charge in [0.05, 0.1) is 36.9 Å². The normalized spacial score (nSPS) is 18.1. The molecule has 6 nitrogen and oxygen atoms in total. The molecule has 2 aliphatic heterocycles. The SMILES string of the molecule is COC(=O)C1=C(C)N=C2SC=C(CC(=O)N[C@@H](C)c3ccccc3)N2[C@H]1c1ccc(C)cc1C. The van der Waals surface area contributed by atoms with Crippen LogP contribution < -0.4 is 5.32 Å². The number of methoxy groups -OCH3 is 1. The second-order valence-corrected chi connectivity index (χ2v) is 9.46. The lowest BCUT2D eigenvalue weighted by Crippen LogP contribution is -2.38. The van der Waals surface area contributed by atoms with Crippen LogP contribution in [0.3, 0.4) is 0 Å². The number of nitrogens with zero attached hydrogens (tertiary/aromatic N) is 2. The highest BCUT2D eigenvalue weighted by molar-refractivity contribution is 8.16. The number of aryl methyl sites for hydroxylation is 2. The van der Waals surface area contributed by atoms with Gasteiger partial charge in [0, 0.05) is 5.70 Å². The lowest BCUT2D eigenvalue weighted by molar-refractivity contribution is -0.136. The molecular formula is C27H29N3O3S. The van der Waals surface area contributed by atoms with Crippen molar-refractivity contribution in [3.63, 3.8) is 0 Å². The standard InChI is InChI=1S/C27H29N3O3S/c1-16-11-12-22(17(2)13-16)25-24(26(32)33-5)19(4)29-27-30(25)21(15-34-27)14-23(31)28-18(3)20-9-7-6-8-10-20/h6-13,15,18,25H,14H2,1-5H3,(H,28,31)/t18-,25-/m0/s1. The van der Waals surface area contributed by atoms with Crippen LogP contribution >= 0.6 is 11.8 Å². The monoisotopic (exact) mass is 475 g/mol. The van der Waals surface area contributed by atoms with Crippen LogP contribution in [0.25, 0.3) is 0 Å². The van der Waals surface area contributed by atoms with Gasteiger partial charge in [-0.15, -0.1) is 0 Å². The maximum absolute atomic E-state index is 13.0. The van der Waals surface area contributed by atoms with Crippen LogP contribution in [0, 0.1) is 13.8 Å². The van der Waals surface area contributed by atoms with E-state index in [1.807, 2.05) is 80.5 Å². The molecule has 1 amide bonds. The molecule has 0 saturated carbocycles. The number of amidine groups is 1. The van der Waals surface area contributed by atoms with Gasteiger partial charge < -0.3 is 15.0 Å². The van der Waals surface area contributed by atoms with Gasteiger partial charge in [0.25, 0.3) is 0 Å². The first-order valence-electron chi connectivity index (χ1n) is 11.2. The summed E-state index contributed by atoms with van der Waals surface area (Å²) in [5.41, 5.74) is 6.18. The van der Waals surface area contributed by atoms with E-state index >= 15 is 0 Å². The third-order valence-corrected chi connectivity index (χ3v) is 7.03. The highest BCUT2D eigenvalue weighted by atomic mass is 32.2. The quantitative estimate of drug-likeness (QED) is 0.573. The van der Waals surface area contributed by atoms with Gasteiger partial charge in [0.1, 0.15) is 0 Å². The van der Waals surface area contributed by atoms with Crippen molar-refractivity contribution < 1.29 is 14.3 Å². The van der Waals surface area contributed by atoms with Crippen LogP contribution in [0.1, 0.15) is 54.6 Å². The molecule has 0 saturated heterocycles. The Kier molecular flexibility index (Phi) is 6.93. The average Bonchev–Trinajstić information content (AvgIpc) is 3.20. The number of nitrogens with one attached hydrogen (secondary N) is 1. The summed E-state index contributed by atoms with van der Waals surface area (Å²) in [4.78, 5) is 32.6. The van der Waals surface area contributed by atoms with E-state index in [9.17, 15) is 9.59 Å². The lowest BCUT2D eigenvalue weighted by Gasteiger charge is -2.37. The van der Waals surface area contributed by atoms with E-state index in [0.717, 1.165) is 33.1 Å². The number of esters is 1. The summed E-state index contributed by atoms with van der Waals surface area (Å²) < 4.78 is 5.14. The Bertz CT molecular complexity index is 1220. The van der Waals surface area contributed by atoms with Gasteiger partial charge >= 0.3 is 5.97 Å². The fourth-order valence-electron chi connectivity index (χ4n) is 4.45. The molecule has 0 spiro atoms. The second-order valence-electron chi connectivity index (χ2n) is 8.62. The fourth-order valence-corrected chi connectivity index (χ4v) is 5.41. The summed E-state index contributed by atoms with van der Waals surface area (Å²) in [5, 5.41) is 5.80. The highest BCUT2D eigenvalue weighted by Crippen LogP contribution is 2.45. The zero-order valence-corrected chi connectivity index (χ0v) is 20.9. The molecule has 2 atom stereocenters. The zero-order valence-electron chi connectivity index (χ0n) is 20.1. The molecule has 0 fully saturated rings. The van der Waals surface area contributed by atoms with Gasteiger partial charge in [-0.25, -0.2) is 9.79 Å². The van der Waals surface area contributed by atoms with Gasteiger partial charge in [0.15, 0.2) is 5.17 Å². The topological polar surface area (TPSA) is 71.0 Å². The third-order valence-electron chi connectivity index (χ3n) is 6.14. The minimum atomic E-state index is -0.416. The van der Waals surface area contributed by atoms with Crippen LogP contribution in [0.15, 0.2) is 75.9 Å². The Morgan fingerprint density at radius 3 is 2.56 bits per heavy atom. The molecule has 0 unspecified atom stereocenters. The van der Waals surface area contributed by atoms with Crippen LogP contribution in [-0.4, -0.2) is 29.1 Å². The predicted molar refractivity (Wildman–Crippen MR) is 136 cm³/mol. The van der Waals surface area contributed by atoms with Crippen LogP contribution in [0.5, 0.6) is 0 Å². The Hall–Kier alpha value is -3.32. The second kappa shape index (κ2) is 9.89. The van der Waals surface area contributed by atoms with E-state index in [1.54, 1.807) is 0 Å². The average molecular weight is 476 g/mol. The molecule has 34 heavy (non-hydrogen) atoms. The molecule has 176 valence electrons. The summed E-state index contributed by atoms with van der Waals surface area (Å²) in [6, 6.07) is 15.5. The fraction of sp³-hybridized carbons (Fsp3) is 0.296. The van der Waals surface area contributed by atoms with E-state index in [-0.39, 0.29) is 18.4 Å². The molecule has 7 heteroatoms. The number of fused-ring (bicyclic) bond motifs is 1. The highest BCUT2D eigenvalue weighted by Gasteiger charge is 2.41. The number of hydrogen-bond donors (Lipinski definition) is 1. The van der Waals surface area contributed by atoms with Gasteiger partial charge in [-0.2, -0.15) is 0 Å². The summed E-state index contributed by atoms with van der Waals surface area (Å²) >= 11 is 1.47. The molecule has 2 aliphatic rings. The van der Waals surface area contributed by atoms with Gasteiger partial charge in [0.2, 0.25) is 5.91 Å². The summed E-state index contributed by atoms with van der Waals surface area (Å²) in [6.45, 7) is 7.89. The largest absolute Gasteiger partial charge is 0.466 e. The Labute approximate surface area is 204 Å². The molecule has 2 aromatic carbocycles. The smallest absolute Gasteiger partial charge is 0.338 e. The third kappa shape index (κ3) is 4.66. The number of aliphatic imine (C=N–C) groups is 1. The first-order chi connectivity index (χ1) is 16.3. The first-order valence-corrected chi connectivity index (χ1v) is 12.1. The summed E-state index contributed by atoms with van der Waals surface area (Å²) in [6.07, 6.45) is 0.179. The number of carbonyl (C=O) groups excluding carboxylic acids is 2. The molecule has 2 aromatic rings. The zero-order chi connectivity index (χ0) is 24.4. The molecule has 1 N–H and O–H groups in total. The van der Waals surface area contributed by atoms with Crippen molar-refractivity contribution in [2.75, 3.05) is 7.11 Å². The molecule has 4 rings (SSSR count). The molecule has 2 heterocycles. The Morgan fingerprint density at radius 2 is 1.88 bits per heavy atom. The van der Waals surface area contributed by atoms with Crippen molar-refractivity contribution in [2.45, 2.75) is 46.2 Å². The number of rotatable bonds is 6. The lowest BCUT2D eigenvalue weighted by atomic mass is 9.90. The van der Waals surface area contributed by atoms with Crippen molar-refractivity contribution in [2.24, 2.45) is 4.99 Å². The van der Waals surface area contributed by atoms with Crippen molar-refractivity contribution in [1.29, 1.82) is 0 Å². The van der Waals surface area contributed by atoms with Crippen molar-refractivity contribution in [1.82, 2.24) is 10.2 Å². The molecular weight excluding hydrogens is 446 g/mol. The van der Waals surface area contributed by atoms with Crippen molar-refractivity contribution >= 4 is 28.8 Å². The maximum atomic E-state index is 13.0. The van der Waals surface area contributed by atoms with Crippen LogP contribution in [0.4, 0.5) is 0 Å². The minimum absolute atomic E-state index is 0.0882. The van der Waals surface area contributed by atoms with E-state index < -0.39 is 12.0 Å². The molecule has 0 aliphatic carbocycles. The van der Waals surface area contributed by atoms with E-state index in [1.165, 1.54) is 18.9 Å². The first kappa shape index (κ1) is 23.8.